The number of rotatable bonds is 6. The van der Waals surface area contributed by atoms with Crippen LogP contribution in [0.15, 0.2) is 77.3 Å². The average Bonchev–Trinajstić information content (AvgIpc) is 3.27. The van der Waals surface area contributed by atoms with Crippen LogP contribution < -0.4 is 10.1 Å². The van der Waals surface area contributed by atoms with Crippen molar-refractivity contribution in [2.75, 3.05) is 11.9 Å². The molecule has 0 fully saturated rings. The Morgan fingerprint density at radius 2 is 1.81 bits per heavy atom. The summed E-state index contributed by atoms with van der Waals surface area (Å²) in [5, 5.41) is 3.01. The first-order valence-electron chi connectivity index (χ1n) is 10.2. The number of amides is 1. The molecule has 1 amide bonds. The molecule has 0 aliphatic heterocycles. The summed E-state index contributed by atoms with van der Waals surface area (Å²) in [6.45, 7) is 6.54. The molecule has 4 aromatic rings. The van der Waals surface area contributed by atoms with Crippen LogP contribution in [0.5, 0.6) is 5.75 Å². The second kappa shape index (κ2) is 8.88. The van der Waals surface area contributed by atoms with E-state index < -0.39 is 0 Å². The van der Waals surface area contributed by atoms with Gasteiger partial charge in [0.15, 0.2) is 5.76 Å². The Kier molecular flexibility index (Phi) is 5.85. The Morgan fingerprint density at radius 3 is 2.58 bits per heavy atom. The van der Waals surface area contributed by atoms with Gasteiger partial charge in [0, 0.05) is 16.8 Å². The van der Waals surface area contributed by atoms with Gasteiger partial charge in [-0.3, -0.25) is 4.79 Å². The minimum atomic E-state index is -0.204. The molecule has 0 bridgehead atoms. The molecule has 5 nitrogen and oxygen atoms in total. The summed E-state index contributed by atoms with van der Waals surface area (Å²) in [5.41, 5.74) is 4.92. The molecule has 1 aromatic heterocycles. The van der Waals surface area contributed by atoms with Crippen LogP contribution in [0.1, 0.15) is 28.4 Å². The van der Waals surface area contributed by atoms with E-state index in [0.29, 0.717) is 29.4 Å². The van der Waals surface area contributed by atoms with Crippen molar-refractivity contribution in [3.8, 4) is 28.5 Å². The fraction of sp³-hybridized carbons (Fsp3) is 0.154. The van der Waals surface area contributed by atoms with Gasteiger partial charge in [0.25, 0.3) is 5.91 Å². The van der Waals surface area contributed by atoms with E-state index in [4.69, 9.17) is 9.15 Å². The van der Waals surface area contributed by atoms with Crippen molar-refractivity contribution in [1.82, 2.24) is 4.98 Å². The molecular weight excluding hydrogens is 388 g/mol. The van der Waals surface area contributed by atoms with Crippen molar-refractivity contribution >= 4 is 11.6 Å². The second-order valence-corrected chi connectivity index (χ2v) is 7.31. The van der Waals surface area contributed by atoms with Gasteiger partial charge >= 0.3 is 0 Å². The second-order valence-electron chi connectivity index (χ2n) is 7.31. The molecule has 156 valence electrons. The zero-order chi connectivity index (χ0) is 21.8. The fourth-order valence-corrected chi connectivity index (χ4v) is 3.34. The van der Waals surface area contributed by atoms with Crippen molar-refractivity contribution in [2.45, 2.75) is 20.8 Å². The Labute approximate surface area is 181 Å². The van der Waals surface area contributed by atoms with Crippen LogP contribution in [0.4, 0.5) is 5.69 Å². The van der Waals surface area contributed by atoms with Gasteiger partial charge in [-0.15, -0.1) is 0 Å². The lowest BCUT2D eigenvalue weighted by Gasteiger charge is -2.11. The van der Waals surface area contributed by atoms with E-state index in [1.807, 2.05) is 81.4 Å². The molecule has 31 heavy (non-hydrogen) atoms. The zero-order valence-corrected chi connectivity index (χ0v) is 17.8. The number of anilines is 1. The average molecular weight is 412 g/mol. The molecule has 1 heterocycles. The van der Waals surface area contributed by atoms with Crippen molar-refractivity contribution in [2.24, 2.45) is 0 Å². The van der Waals surface area contributed by atoms with E-state index in [2.05, 4.69) is 10.3 Å². The maximum atomic E-state index is 13.1. The molecule has 3 aromatic carbocycles. The number of aryl methyl sites for hydroxylation is 2. The summed E-state index contributed by atoms with van der Waals surface area (Å²) in [5.74, 6) is 1.63. The van der Waals surface area contributed by atoms with E-state index in [1.165, 1.54) is 0 Å². The van der Waals surface area contributed by atoms with Gasteiger partial charge in [-0.2, -0.15) is 0 Å². The Morgan fingerprint density at radius 1 is 1.03 bits per heavy atom. The molecule has 0 atom stereocenters. The first-order chi connectivity index (χ1) is 15.0. The molecule has 0 saturated carbocycles. The molecule has 0 aliphatic carbocycles. The first-order valence-corrected chi connectivity index (χ1v) is 10.2. The third-order valence-corrected chi connectivity index (χ3v) is 5.00. The lowest BCUT2D eigenvalue weighted by Crippen LogP contribution is -2.14. The lowest BCUT2D eigenvalue weighted by atomic mass is 10.1. The van der Waals surface area contributed by atoms with E-state index in [0.717, 1.165) is 28.1 Å². The number of nitrogens with zero attached hydrogens (tertiary/aromatic N) is 1. The molecule has 1 N–H and O–H groups in total. The van der Waals surface area contributed by atoms with Crippen LogP contribution in [0, 0.1) is 13.8 Å². The van der Waals surface area contributed by atoms with Crippen LogP contribution >= 0.6 is 0 Å². The van der Waals surface area contributed by atoms with E-state index in [1.54, 1.807) is 12.3 Å². The fourth-order valence-electron chi connectivity index (χ4n) is 3.34. The van der Waals surface area contributed by atoms with Gasteiger partial charge in [-0.1, -0.05) is 24.3 Å². The number of nitrogens with one attached hydrogen (secondary N) is 1. The van der Waals surface area contributed by atoms with Gasteiger partial charge in [-0.25, -0.2) is 4.98 Å². The number of ether oxygens (including phenoxy) is 1. The smallest absolute Gasteiger partial charge is 0.256 e. The maximum absolute atomic E-state index is 13.1. The third-order valence-electron chi connectivity index (χ3n) is 5.00. The number of hydrogen-bond donors (Lipinski definition) is 1. The molecule has 0 unspecified atom stereocenters. The molecule has 0 radical (unpaired) electrons. The highest BCUT2D eigenvalue weighted by Crippen LogP contribution is 2.30. The summed E-state index contributed by atoms with van der Waals surface area (Å²) in [7, 11) is 0. The number of carbonyl (C=O) groups is 1. The molecular formula is C26H24N2O3. The Bertz CT molecular complexity index is 1210. The summed E-state index contributed by atoms with van der Waals surface area (Å²) in [6, 6.07) is 20.9. The normalized spacial score (nSPS) is 10.7. The minimum Gasteiger partial charge on any atom is -0.494 e. The number of benzene rings is 3. The van der Waals surface area contributed by atoms with Crippen LogP contribution in [0.3, 0.4) is 0 Å². The van der Waals surface area contributed by atoms with E-state index in [-0.39, 0.29) is 5.91 Å². The minimum absolute atomic E-state index is 0.204. The van der Waals surface area contributed by atoms with Crippen LogP contribution in [0.2, 0.25) is 0 Å². The van der Waals surface area contributed by atoms with Gasteiger partial charge in [-0.05, 0) is 74.4 Å². The number of hydrogen-bond acceptors (Lipinski definition) is 4. The Hall–Kier alpha value is -3.86. The lowest BCUT2D eigenvalue weighted by molar-refractivity contribution is 0.102. The highest BCUT2D eigenvalue weighted by atomic mass is 16.5. The highest BCUT2D eigenvalue weighted by Gasteiger charge is 2.17. The molecule has 0 aliphatic rings. The standard InChI is InChI=1S/C26H24N2O3/c1-4-30-20-13-11-19(12-14-20)24-16-27-26(31-24)22-8-6-5-7-21(22)25(29)28-23-15-17(2)9-10-18(23)3/h5-16H,4H2,1-3H3,(H,28,29). The predicted molar refractivity (Wildman–Crippen MR) is 122 cm³/mol. The molecule has 0 saturated heterocycles. The quantitative estimate of drug-likeness (QED) is 0.405. The molecule has 5 heteroatoms. The first kappa shape index (κ1) is 20.4. The van der Waals surface area contributed by atoms with Crippen molar-refractivity contribution in [1.29, 1.82) is 0 Å². The maximum Gasteiger partial charge on any atom is 0.256 e. The Balaban J connectivity index is 1.61. The summed E-state index contributed by atoms with van der Waals surface area (Å²) >= 11 is 0. The van der Waals surface area contributed by atoms with Gasteiger partial charge in [0.2, 0.25) is 5.89 Å². The van der Waals surface area contributed by atoms with E-state index >= 15 is 0 Å². The summed E-state index contributed by atoms with van der Waals surface area (Å²) in [6.07, 6.45) is 1.67. The van der Waals surface area contributed by atoms with Crippen molar-refractivity contribution in [3.05, 3.63) is 89.6 Å². The van der Waals surface area contributed by atoms with Crippen molar-refractivity contribution in [3.63, 3.8) is 0 Å². The molecule has 4 rings (SSSR count). The summed E-state index contributed by atoms with van der Waals surface area (Å²) < 4.78 is 11.5. The third kappa shape index (κ3) is 4.51. The van der Waals surface area contributed by atoms with E-state index in [9.17, 15) is 4.79 Å². The van der Waals surface area contributed by atoms with Gasteiger partial charge in [0.1, 0.15) is 5.75 Å². The molecule has 0 spiro atoms. The number of oxazole rings is 1. The predicted octanol–water partition coefficient (Wildman–Crippen LogP) is 6.28. The zero-order valence-electron chi connectivity index (χ0n) is 17.8. The number of carbonyl (C=O) groups excluding carboxylic acids is 1. The topological polar surface area (TPSA) is 64.4 Å². The SMILES string of the molecule is CCOc1ccc(-c2cnc(-c3ccccc3C(=O)Nc3cc(C)ccc3C)o2)cc1. The largest absolute Gasteiger partial charge is 0.494 e. The van der Waals surface area contributed by atoms with Gasteiger partial charge in [0.05, 0.1) is 18.4 Å². The van der Waals surface area contributed by atoms with Gasteiger partial charge < -0.3 is 14.5 Å². The number of aromatic nitrogens is 1. The van der Waals surface area contributed by atoms with Crippen molar-refractivity contribution < 1.29 is 13.9 Å². The van der Waals surface area contributed by atoms with Crippen LogP contribution in [-0.4, -0.2) is 17.5 Å². The van der Waals surface area contributed by atoms with Crippen LogP contribution in [-0.2, 0) is 0 Å². The monoisotopic (exact) mass is 412 g/mol. The highest BCUT2D eigenvalue weighted by molar-refractivity contribution is 6.08. The summed E-state index contributed by atoms with van der Waals surface area (Å²) in [4.78, 5) is 17.5. The van der Waals surface area contributed by atoms with Crippen LogP contribution in [0.25, 0.3) is 22.8 Å².